The number of nitrogens with zero attached hydrogens (tertiary/aromatic N) is 1. The molecule has 1 aromatic carbocycles. The van der Waals surface area contributed by atoms with E-state index in [2.05, 4.69) is 5.32 Å². The predicted molar refractivity (Wildman–Crippen MR) is 79.8 cm³/mol. The Hall–Kier alpha value is -2.01. The molecular weight excluding hydrogens is 286 g/mol. The van der Waals surface area contributed by atoms with Crippen molar-refractivity contribution < 1.29 is 8.78 Å². The van der Waals surface area contributed by atoms with E-state index in [4.69, 9.17) is 0 Å². The molecular formula is C17H16F2N2O. The summed E-state index contributed by atoms with van der Waals surface area (Å²) in [5.41, 5.74) is 0.552. The SMILES string of the molecule is O=c1c(-c2c(F)cccc2F)ccc2n1CC1CNCC2C1. The van der Waals surface area contributed by atoms with Crippen molar-refractivity contribution in [3.63, 3.8) is 0 Å². The average molecular weight is 302 g/mol. The summed E-state index contributed by atoms with van der Waals surface area (Å²) in [5.74, 6) is -0.685. The predicted octanol–water partition coefficient (Wildman–Crippen LogP) is 2.50. The topological polar surface area (TPSA) is 34.0 Å². The second-order valence-corrected chi connectivity index (χ2v) is 6.14. The molecule has 2 atom stereocenters. The molecule has 0 amide bonds. The largest absolute Gasteiger partial charge is 0.316 e. The van der Waals surface area contributed by atoms with Gasteiger partial charge in [-0.15, -0.1) is 0 Å². The van der Waals surface area contributed by atoms with E-state index in [-0.39, 0.29) is 16.7 Å². The number of rotatable bonds is 1. The molecule has 2 unspecified atom stereocenters. The van der Waals surface area contributed by atoms with Gasteiger partial charge in [0.1, 0.15) is 11.6 Å². The van der Waals surface area contributed by atoms with Crippen molar-refractivity contribution in [3.05, 3.63) is 58.0 Å². The van der Waals surface area contributed by atoms with E-state index in [9.17, 15) is 13.6 Å². The van der Waals surface area contributed by atoms with Crippen LogP contribution in [0.2, 0.25) is 0 Å². The molecule has 2 aliphatic heterocycles. The van der Waals surface area contributed by atoms with E-state index in [1.165, 1.54) is 18.2 Å². The number of halogens is 2. The van der Waals surface area contributed by atoms with Crippen LogP contribution in [0.4, 0.5) is 8.78 Å². The fourth-order valence-electron chi connectivity index (χ4n) is 3.74. The van der Waals surface area contributed by atoms with Gasteiger partial charge in [0.15, 0.2) is 0 Å². The van der Waals surface area contributed by atoms with Crippen molar-refractivity contribution in [2.45, 2.75) is 18.9 Å². The summed E-state index contributed by atoms with van der Waals surface area (Å²) in [6, 6.07) is 7.07. The van der Waals surface area contributed by atoms with Crippen LogP contribution in [0.1, 0.15) is 18.0 Å². The van der Waals surface area contributed by atoms with Gasteiger partial charge < -0.3 is 9.88 Å². The van der Waals surface area contributed by atoms with Crippen LogP contribution in [0.15, 0.2) is 35.1 Å². The number of piperidine rings is 1. The minimum Gasteiger partial charge on any atom is -0.316 e. The second kappa shape index (κ2) is 5.02. The summed E-state index contributed by atoms with van der Waals surface area (Å²) < 4.78 is 29.7. The quantitative estimate of drug-likeness (QED) is 0.878. The lowest BCUT2D eigenvalue weighted by Gasteiger charge is -2.37. The number of benzene rings is 1. The van der Waals surface area contributed by atoms with Crippen LogP contribution in [0.5, 0.6) is 0 Å². The first-order chi connectivity index (χ1) is 10.6. The third-order valence-electron chi connectivity index (χ3n) is 4.74. The molecule has 1 saturated heterocycles. The summed E-state index contributed by atoms with van der Waals surface area (Å²) in [6.07, 6.45) is 1.07. The smallest absolute Gasteiger partial charge is 0.258 e. The number of aromatic nitrogens is 1. The molecule has 1 aromatic heterocycles. The van der Waals surface area contributed by atoms with Crippen molar-refractivity contribution >= 4 is 0 Å². The minimum absolute atomic E-state index is 0.104. The van der Waals surface area contributed by atoms with Crippen molar-refractivity contribution in [1.82, 2.24) is 9.88 Å². The van der Waals surface area contributed by atoms with Crippen LogP contribution in [0, 0.1) is 17.6 Å². The highest BCUT2D eigenvalue weighted by atomic mass is 19.1. The lowest BCUT2D eigenvalue weighted by atomic mass is 9.84. The van der Waals surface area contributed by atoms with Crippen molar-refractivity contribution in [3.8, 4) is 11.1 Å². The molecule has 0 spiro atoms. The molecule has 3 nitrogen and oxygen atoms in total. The first-order valence-electron chi connectivity index (χ1n) is 7.54. The Balaban J connectivity index is 1.91. The van der Waals surface area contributed by atoms with Crippen molar-refractivity contribution in [2.75, 3.05) is 13.1 Å². The Bertz CT molecular complexity index is 779. The third-order valence-corrected chi connectivity index (χ3v) is 4.74. The van der Waals surface area contributed by atoms with Crippen LogP contribution >= 0.6 is 0 Å². The Morgan fingerprint density at radius 2 is 1.86 bits per heavy atom. The van der Waals surface area contributed by atoms with E-state index in [1.807, 2.05) is 6.07 Å². The molecule has 2 aliphatic rings. The summed E-state index contributed by atoms with van der Waals surface area (Å²) in [6.45, 7) is 2.35. The van der Waals surface area contributed by atoms with Crippen LogP contribution in [0.3, 0.4) is 0 Å². The molecule has 114 valence electrons. The van der Waals surface area contributed by atoms with Crippen LogP contribution in [-0.4, -0.2) is 17.7 Å². The molecule has 5 heteroatoms. The Kier molecular flexibility index (Phi) is 3.11. The Labute approximate surface area is 126 Å². The van der Waals surface area contributed by atoms with E-state index in [1.54, 1.807) is 10.6 Å². The fourth-order valence-corrected chi connectivity index (χ4v) is 3.74. The number of pyridine rings is 1. The van der Waals surface area contributed by atoms with Gasteiger partial charge in [-0.05, 0) is 43.1 Å². The van der Waals surface area contributed by atoms with Crippen LogP contribution < -0.4 is 10.9 Å². The summed E-state index contributed by atoms with van der Waals surface area (Å²) in [4.78, 5) is 12.8. The minimum atomic E-state index is -0.699. The highest BCUT2D eigenvalue weighted by molar-refractivity contribution is 5.64. The second-order valence-electron chi connectivity index (χ2n) is 6.14. The van der Waals surface area contributed by atoms with Gasteiger partial charge >= 0.3 is 0 Å². The summed E-state index contributed by atoms with van der Waals surface area (Å²) >= 11 is 0. The maximum absolute atomic E-state index is 14.0. The highest BCUT2D eigenvalue weighted by Crippen LogP contribution is 2.33. The van der Waals surface area contributed by atoms with Gasteiger partial charge in [0, 0.05) is 24.7 Å². The first-order valence-corrected chi connectivity index (χ1v) is 7.54. The van der Waals surface area contributed by atoms with E-state index in [0.717, 1.165) is 25.2 Å². The van der Waals surface area contributed by atoms with Gasteiger partial charge in [0.05, 0.1) is 11.1 Å². The molecule has 0 radical (unpaired) electrons. The first kappa shape index (κ1) is 13.6. The third kappa shape index (κ3) is 2.00. The number of hydrogen-bond donors (Lipinski definition) is 1. The lowest BCUT2D eigenvalue weighted by molar-refractivity contribution is 0.257. The molecule has 2 aromatic rings. The fraction of sp³-hybridized carbons (Fsp3) is 0.353. The van der Waals surface area contributed by atoms with Gasteiger partial charge in [-0.2, -0.15) is 0 Å². The highest BCUT2D eigenvalue weighted by Gasteiger charge is 2.31. The molecule has 0 saturated carbocycles. The van der Waals surface area contributed by atoms with Crippen molar-refractivity contribution in [1.29, 1.82) is 0 Å². The average Bonchev–Trinajstić information content (AvgIpc) is 2.50. The number of fused-ring (bicyclic) bond motifs is 4. The van der Waals surface area contributed by atoms with Crippen LogP contribution in [0.25, 0.3) is 11.1 Å². The summed E-state index contributed by atoms with van der Waals surface area (Å²) in [7, 11) is 0. The lowest BCUT2D eigenvalue weighted by Crippen LogP contribution is -2.45. The molecule has 0 aliphatic carbocycles. The standard InChI is InChI=1S/C17H16F2N2O/c18-13-2-1-3-14(19)16(13)12-4-5-15-11-6-10(7-20-8-11)9-21(15)17(12)22/h1-5,10-11,20H,6-9H2. The molecule has 1 fully saturated rings. The van der Waals surface area contributed by atoms with Gasteiger partial charge in [-0.25, -0.2) is 8.78 Å². The Morgan fingerprint density at radius 3 is 2.64 bits per heavy atom. The Morgan fingerprint density at radius 1 is 1.09 bits per heavy atom. The maximum Gasteiger partial charge on any atom is 0.258 e. The zero-order chi connectivity index (χ0) is 15.3. The van der Waals surface area contributed by atoms with E-state index < -0.39 is 11.6 Å². The number of hydrogen-bond acceptors (Lipinski definition) is 2. The van der Waals surface area contributed by atoms with E-state index >= 15 is 0 Å². The number of nitrogens with one attached hydrogen (secondary N) is 1. The van der Waals surface area contributed by atoms with E-state index in [0.29, 0.717) is 18.4 Å². The zero-order valence-corrected chi connectivity index (χ0v) is 12.0. The monoisotopic (exact) mass is 302 g/mol. The molecule has 22 heavy (non-hydrogen) atoms. The molecule has 4 rings (SSSR count). The summed E-state index contributed by atoms with van der Waals surface area (Å²) in [5, 5.41) is 3.38. The van der Waals surface area contributed by atoms with Gasteiger partial charge in [-0.1, -0.05) is 6.07 Å². The maximum atomic E-state index is 14.0. The zero-order valence-electron chi connectivity index (χ0n) is 12.0. The normalized spacial score (nSPS) is 23.2. The van der Waals surface area contributed by atoms with Crippen LogP contribution in [-0.2, 0) is 6.54 Å². The molecule has 1 N–H and O–H groups in total. The molecule has 2 bridgehead atoms. The van der Waals surface area contributed by atoms with Gasteiger partial charge in [-0.3, -0.25) is 4.79 Å². The van der Waals surface area contributed by atoms with Gasteiger partial charge in [0.25, 0.3) is 5.56 Å². The van der Waals surface area contributed by atoms with Gasteiger partial charge in [0.2, 0.25) is 0 Å². The van der Waals surface area contributed by atoms with Crippen molar-refractivity contribution in [2.24, 2.45) is 5.92 Å². The molecule has 3 heterocycles.